The maximum atomic E-state index is 12.5. The van der Waals surface area contributed by atoms with Gasteiger partial charge in [-0.3, -0.25) is 4.79 Å². The highest BCUT2D eigenvalue weighted by atomic mass is 35.5. The number of hydrogen-bond donors (Lipinski definition) is 1. The van der Waals surface area contributed by atoms with E-state index in [4.69, 9.17) is 0 Å². The van der Waals surface area contributed by atoms with E-state index in [0.29, 0.717) is 36.9 Å². The van der Waals surface area contributed by atoms with E-state index in [1.807, 2.05) is 37.9 Å². The van der Waals surface area contributed by atoms with E-state index < -0.39 is 10.0 Å². The van der Waals surface area contributed by atoms with Crippen molar-refractivity contribution in [1.29, 1.82) is 0 Å². The first-order chi connectivity index (χ1) is 12.4. The van der Waals surface area contributed by atoms with Gasteiger partial charge < -0.3 is 10.2 Å². The highest BCUT2D eigenvalue weighted by molar-refractivity contribution is 7.89. The molecule has 0 saturated carbocycles. The third-order valence-electron chi connectivity index (χ3n) is 5.03. The van der Waals surface area contributed by atoms with Crippen LogP contribution in [0.3, 0.4) is 0 Å². The van der Waals surface area contributed by atoms with Crippen LogP contribution in [0.15, 0.2) is 29.2 Å². The second-order valence-corrected chi connectivity index (χ2v) is 8.61. The van der Waals surface area contributed by atoms with Crippen LogP contribution >= 0.6 is 12.4 Å². The molecule has 0 aromatic heterocycles. The molecule has 0 radical (unpaired) electrons. The first kappa shape index (κ1) is 23.9. The van der Waals surface area contributed by atoms with Gasteiger partial charge >= 0.3 is 0 Å². The number of carbonyl (C=O) groups is 1. The molecule has 154 valence electrons. The van der Waals surface area contributed by atoms with Crippen LogP contribution in [0.4, 0.5) is 0 Å². The number of benzene rings is 1. The number of sulfonamides is 1. The maximum Gasteiger partial charge on any atom is 0.243 e. The molecule has 1 aromatic rings. The van der Waals surface area contributed by atoms with Gasteiger partial charge in [0.15, 0.2) is 0 Å². The third-order valence-corrected chi connectivity index (χ3v) is 7.10. The summed E-state index contributed by atoms with van der Waals surface area (Å²) in [4.78, 5) is 14.8. The fourth-order valence-electron chi connectivity index (χ4n) is 3.55. The molecule has 1 aromatic carbocycles. The molecule has 1 saturated heterocycles. The van der Waals surface area contributed by atoms with Gasteiger partial charge in [0.25, 0.3) is 0 Å². The van der Waals surface area contributed by atoms with Crippen LogP contribution in [0.2, 0.25) is 0 Å². The smallest absolute Gasteiger partial charge is 0.243 e. The second kappa shape index (κ2) is 11.0. The molecule has 1 amide bonds. The Balaban J connectivity index is 0.00000364. The molecular formula is C19H32ClN3O3S. The zero-order valence-electron chi connectivity index (χ0n) is 16.5. The minimum atomic E-state index is -3.42. The summed E-state index contributed by atoms with van der Waals surface area (Å²) >= 11 is 0. The fraction of sp³-hybridized carbons (Fsp3) is 0.632. The number of amides is 1. The van der Waals surface area contributed by atoms with Crippen molar-refractivity contribution in [3.8, 4) is 0 Å². The first-order valence-electron chi connectivity index (χ1n) is 9.47. The summed E-state index contributed by atoms with van der Waals surface area (Å²) in [5.74, 6) is 0.183. The van der Waals surface area contributed by atoms with Crippen LogP contribution < -0.4 is 5.32 Å². The topological polar surface area (TPSA) is 69.7 Å². The molecule has 0 aliphatic carbocycles. The Morgan fingerprint density at radius 2 is 1.85 bits per heavy atom. The molecule has 1 atom stereocenters. The van der Waals surface area contributed by atoms with Gasteiger partial charge in [-0.1, -0.05) is 26.0 Å². The molecule has 0 spiro atoms. The molecule has 1 N–H and O–H groups in total. The van der Waals surface area contributed by atoms with Crippen molar-refractivity contribution in [2.75, 3.05) is 33.2 Å². The van der Waals surface area contributed by atoms with Crippen LogP contribution in [0.25, 0.3) is 0 Å². The Labute approximate surface area is 169 Å². The number of carbonyl (C=O) groups excluding carboxylic acids is 1. The lowest BCUT2D eigenvalue weighted by Gasteiger charge is -2.24. The summed E-state index contributed by atoms with van der Waals surface area (Å²) in [6.45, 7) is 6.26. The number of aryl methyl sites for hydroxylation is 1. The van der Waals surface area contributed by atoms with Crippen molar-refractivity contribution >= 4 is 28.3 Å². The van der Waals surface area contributed by atoms with Crippen molar-refractivity contribution in [2.24, 2.45) is 0 Å². The fourth-order valence-corrected chi connectivity index (χ4v) is 5.01. The number of nitrogens with zero attached hydrogens (tertiary/aromatic N) is 2. The van der Waals surface area contributed by atoms with Gasteiger partial charge in [-0.15, -0.1) is 12.4 Å². The van der Waals surface area contributed by atoms with E-state index in [9.17, 15) is 13.2 Å². The highest BCUT2D eigenvalue weighted by Gasteiger charge is 2.27. The van der Waals surface area contributed by atoms with E-state index in [1.54, 1.807) is 12.1 Å². The van der Waals surface area contributed by atoms with E-state index in [1.165, 1.54) is 4.31 Å². The first-order valence-corrected chi connectivity index (χ1v) is 10.9. The van der Waals surface area contributed by atoms with Crippen LogP contribution in [0.1, 0.15) is 38.7 Å². The minimum absolute atomic E-state index is 0. The van der Waals surface area contributed by atoms with Gasteiger partial charge in [0.05, 0.1) is 4.90 Å². The van der Waals surface area contributed by atoms with Crippen molar-refractivity contribution in [2.45, 2.75) is 50.5 Å². The standard InChI is InChI=1S/C19H31N3O3S.ClH/c1-4-21(5-2)26(24,25)18-11-8-16(9-12-18)10-13-19(23)22-14-6-7-17(22)15-20-3;/h8-9,11-12,17,20H,4-7,10,13-15H2,1-3H3;1H. The van der Waals surface area contributed by atoms with Gasteiger partial charge in [-0.2, -0.15) is 4.31 Å². The second-order valence-electron chi connectivity index (χ2n) is 6.67. The van der Waals surface area contributed by atoms with E-state index in [0.717, 1.165) is 31.5 Å². The Morgan fingerprint density at radius 3 is 2.41 bits per heavy atom. The summed E-state index contributed by atoms with van der Waals surface area (Å²) in [7, 11) is -1.51. The Kier molecular flexibility index (Phi) is 9.73. The van der Waals surface area contributed by atoms with Gasteiger partial charge in [0, 0.05) is 38.6 Å². The lowest BCUT2D eigenvalue weighted by atomic mass is 10.1. The van der Waals surface area contributed by atoms with Crippen molar-refractivity contribution in [3.05, 3.63) is 29.8 Å². The van der Waals surface area contributed by atoms with Gasteiger partial charge in [0.2, 0.25) is 15.9 Å². The summed E-state index contributed by atoms with van der Waals surface area (Å²) < 4.78 is 26.5. The minimum Gasteiger partial charge on any atom is -0.338 e. The van der Waals surface area contributed by atoms with Crippen LogP contribution in [0, 0.1) is 0 Å². The van der Waals surface area contributed by atoms with Gasteiger partial charge in [0.1, 0.15) is 0 Å². The number of hydrogen-bond acceptors (Lipinski definition) is 4. The monoisotopic (exact) mass is 417 g/mol. The summed E-state index contributed by atoms with van der Waals surface area (Å²) in [5.41, 5.74) is 0.987. The Hall–Kier alpha value is -1.15. The quantitative estimate of drug-likeness (QED) is 0.669. The molecular weight excluding hydrogens is 386 g/mol. The molecule has 8 heteroatoms. The van der Waals surface area contributed by atoms with Crippen LogP contribution in [-0.4, -0.2) is 62.8 Å². The van der Waals surface area contributed by atoms with Crippen LogP contribution in [-0.2, 0) is 21.2 Å². The van der Waals surface area contributed by atoms with Crippen molar-refractivity contribution in [3.63, 3.8) is 0 Å². The number of rotatable bonds is 9. The molecule has 2 rings (SSSR count). The van der Waals surface area contributed by atoms with E-state index >= 15 is 0 Å². The van der Waals surface area contributed by atoms with E-state index in [2.05, 4.69) is 5.32 Å². The summed E-state index contributed by atoms with van der Waals surface area (Å²) in [6.07, 6.45) is 3.22. The average molecular weight is 418 g/mol. The van der Waals surface area contributed by atoms with Gasteiger partial charge in [-0.25, -0.2) is 8.42 Å². The predicted octanol–water partition coefficient (Wildman–Crippen LogP) is 2.28. The molecule has 0 bridgehead atoms. The molecule has 1 fully saturated rings. The maximum absolute atomic E-state index is 12.5. The SMILES string of the molecule is CCN(CC)S(=O)(=O)c1ccc(CCC(=O)N2CCCC2CNC)cc1.Cl. The van der Waals surface area contributed by atoms with E-state index in [-0.39, 0.29) is 18.3 Å². The summed E-state index contributed by atoms with van der Waals surface area (Å²) in [5, 5.41) is 3.15. The zero-order valence-corrected chi connectivity index (χ0v) is 18.1. The lowest BCUT2D eigenvalue weighted by molar-refractivity contribution is -0.131. The molecule has 1 aliphatic heterocycles. The van der Waals surface area contributed by atoms with Crippen LogP contribution in [0.5, 0.6) is 0 Å². The molecule has 1 aliphatic rings. The third kappa shape index (κ3) is 5.91. The van der Waals surface area contributed by atoms with Gasteiger partial charge in [-0.05, 0) is 44.0 Å². The largest absolute Gasteiger partial charge is 0.338 e. The number of likely N-dealkylation sites (tertiary alicyclic amines) is 1. The zero-order chi connectivity index (χ0) is 19.2. The van der Waals surface area contributed by atoms with Crippen molar-refractivity contribution < 1.29 is 13.2 Å². The summed E-state index contributed by atoms with van der Waals surface area (Å²) in [6, 6.07) is 7.23. The molecule has 6 nitrogen and oxygen atoms in total. The number of nitrogens with one attached hydrogen (secondary N) is 1. The molecule has 1 unspecified atom stereocenters. The molecule has 27 heavy (non-hydrogen) atoms. The molecule has 1 heterocycles. The average Bonchev–Trinajstić information content (AvgIpc) is 3.09. The number of halogens is 1. The lowest BCUT2D eigenvalue weighted by Crippen LogP contribution is -2.40. The predicted molar refractivity (Wildman–Crippen MR) is 111 cm³/mol. The Bertz CT molecular complexity index is 691. The Morgan fingerprint density at radius 1 is 1.22 bits per heavy atom. The number of likely N-dealkylation sites (N-methyl/N-ethyl adjacent to an activating group) is 1. The highest BCUT2D eigenvalue weighted by Crippen LogP contribution is 2.20. The normalized spacial score (nSPS) is 17.2. The van der Waals surface area contributed by atoms with Crippen molar-refractivity contribution in [1.82, 2.24) is 14.5 Å².